The van der Waals surface area contributed by atoms with E-state index >= 15 is 0 Å². The molecule has 0 saturated heterocycles. The summed E-state index contributed by atoms with van der Waals surface area (Å²) in [5.41, 5.74) is 2.80. The first kappa shape index (κ1) is 15.9. The predicted octanol–water partition coefficient (Wildman–Crippen LogP) is 4.53. The molecule has 2 aromatic rings. The highest BCUT2D eigenvalue weighted by Crippen LogP contribution is 2.30. The molecule has 1 unspecified atom stereocenters. The highest BCUT2D eigenvalue weighted by molar-refractivity contribution is 6.31. The number of aromatic nitrogens is 1. The second kappa shape index (κ2) is 7.53. The smallest absolute Gasteiger partial charge is 0.123 e. The average molecular weight is 307 g/mol. The van der Waals surface area contributed by atoms with E-state index in [4.69, 9.17) is 11.6 Å². The molecular weight excluding hydrogens is 287 g/mol. The molecule has 0 aliphatic heterocycles. The summed E-state index contributed by atoms with van der Waals surface area (Å²) in [6.07, 6.45) is 3.63. The minimum absolute atomic E-state index is 0.190. The Bertz CT molecular complexity index is 601. The molecule has 0 aliphatic carbocycles. The quantitative estimate of drug-likeness (QED) is 0.848. The third-order valence-corrected chi connectivity index (χ3v) is 3.79. The van der Waals surface area contributed by atoms with Crippen molar-refractivity contribution in [2.45, 2.75) is 32.7 Å². The molecule has 0 bridgehead atoms. The molecule has 4 heteroatoms. The van der Waals surface area contributed by atoms with Crippen LogP contribution in [0.5, 0.6) is 0 Å². The number of hydrogen-bond acceptors (Lipinski definition) is 2. The van der Waals surface area contributed by atoms with Crippen LogP contribution in [0.1, 0.15) is 43.1 Å². The van der Waals surface area contributed by atoms with E-state index in [0.29, 0.717) is 5.02 Å². The Kier molecular flexibility index (Phi) is 5.71. The molecule has 0 saturated carbocycles. The molecule has 1 N–H and O–H groups in total. The monoisotopic (exact) mass is 306 g/mol. The van der Waals surface area contributed by atoms with E-state index in [2.05, 4.69) is 30.2 Å². The van der Waals surface area contributed by atoms with Gasteiger partial charge in [-0.2, -0.15) is 0 Å². The van der Waals surface area contributed by atoms with Gasteiger partial charge in [-0.3, -0.25) is 4.98 Å². The Balaban J connectivity index is 2.49. The fraction of sp³-hybridized carbons (Fsp3) is 0.353. The summed E-state index contributed by atoms with van der Waals surface area (Å²) in [5, 5.41) is 3.98. The van der Waals surface area contributed by atoms with E-state index in [0.717, 1.165) is 36.2 Å². The summed E-state index contributed by atoms with van der Waals surface area (Å²) in [7, 11) is 0. The van der Waals surface area contributed by atoms with Crippen molar-refractivity contribution in [3.63, 3.8) is 0 Å². The SMILES string of the molecule is CCCNC(c1cc(F)ccc1Cl)c1ncccc1CC. The van der Waals surface area contributed by atoms with Crippen molar-refractivity contribution < 1.29 is 4.39 Å². The van der Waals surface area contributed by atoms with Gasteiger partial charge in [-0.1, -0.05) is 31.5 Å². The van der Waals surface area contributed by atoms with Gasteiger partial charge in [0.1, 0.15) is 5.82 Å². The van der Waals surface area contributed by atoms with Crippen LogP contribution in [-0.4, -0.2) is 11.5 Å². The Labute approximate surface area is 130 Å². The van der Waals surface area contributed by atoms with Crippen LogP contribution in [-0.2, 0) is 6.42 Å². The van der Waals surface area contributed by atoms with Gasteiger partial charge in [-0.25, -0.2) is 4.39 Å². The van der Waals surface area contributed by atoms with Crippen molar-refractivity contribution in [2.75, 3.05) is 6.54 Å². The van der Waals surface area contributed by atoms with Crippen LogP contribution in [0.4, 0.5) is 4.39 Å². The Morgan fingerprint density at radius 2 is 2.10 bits per heavy atom. The second-order valence-electron chi connectivity index (χ2n) is 4.95. The van der Waals surface area contributed by atoms with E-state index in [1.165, 1.54) is 12.1 Å². The van der Waals surface area contributed by atoms with Gasteiger partial charge in [0, 0.05) is 11.2 Å². The van der Waals surface area contributed by atoms with Crippen molar-refractivity contribution in [1.29, 1.82) is 0 Å². The number of halogens is 2. The number of aryl methyl sites for hydroxylation is 1. The van der Waals surface area contributed by atoms with E-state index < -0.39 is 0 Å². The predicted molar refractivity (Wildman–Crippen MR) is 85.2 cm³/mol. The van der Waals surface area contributed by atoms with Crippen LogP contribution >= 0.6 is 11.6 Å². The zero-order chi connectivity index (χ0) is 15.2. The third kappa shape index (κ3) is 3.80. The Hall–Kier alpha value is -1.45. The molecule has 1 heterocycles. The maximum atomic E-state index is 13.6. The number of nitrogens with zero attached hydrogens (tertiary/aromatic N) is 1. The molecule has 1 aromatic carbocycles. The molecular formula is C17H20ClFN2. The topological polar surface area (TPSA) is 24.9 Å². The zero-order valence-corrected chi connectivity index (χ0v) is 13.1. The molecule has 21 heavy (non-hydrogen) atoms. The number of pyridine rings is 1. The van der Waals surface area contributed by atoms with Crippen molar-refractivity contribution in [2.24, 2.45) is 0 Å². The van der Waals surface area contributed by atoms with Gasteiger partial charge in [-0.05, 0) is 54.8 Å². The molecule has 112 valence electrons. The van der Waals surface area contributed by atoms with Gasteiger partial charge >= 0.3 is 0 Å². The van der Waals surface area contributed by atoms with Crippen molar-refractivity contribution in [3.05, 3.63) is 64.2 Å². The van der Waals surface area contributed by atoms with Crippen LogP contribution in [0.3, 0.4) is 0 Å². The fourth-order valence-electron chi connectivity index (χ4n) is 2.39. The normalized spacial score (nSPS) is 12.4. The van der Waals surface area contributed by atoms with Gasteiger partial charge in [-0.15, -0.1) is 0 Å². The highest BCUT2D eigenvalue weighted by atomic mass is 35.5. The summed E-state index contributed by atoms with van der Waals surface area (Å²) in [6.45, 7) is 5.00. The maximum absolute atomic E-state index is 13.6. The molecule has 0 spiro atoms. The highest BCUT2D eigenvalue weighted by Gasteiger charge is 2.20. The molecule has 0 amide bonds. The number of rotatable bonds is 6. The minimum Gasteiger partial charge on any atom is -0.305 e. The first-order chi connectivity index (χ1) is 10.2. The van der Waals surface area contributed by atoms with Gasteiger partial charge in [0.05, 0.1) is 11.7 Å². The van der Waals surface area contributed by atoms with Gasteiger partial charge in [0.25, 0.3) is 0 Å². The first-order valence-electron chi connectivity index (χ1n) is 7.29. The first-order valence-corrected chi connectivity index (χ1v) is 7.67. The molecule has 1 atom stereocenters. The molecule has 0 aliphatic rings. The largest absolute Gasteiger partial charge is 0.305 e. The number of nitrogens with one attached hydrogen (secondary N) is 1. The number of benzene rings is 1. The summed E-state index contributed by atoms with van der Waals surface area (Å²) in [5.74, 6) is -0.285. The van der Waals surface area contributed by atoms with E-state index in [1.54, 1.807) is 12.3 Å². The maximum Gasteiger partial charge on any atom is 0.123 e. The Morgan fingerprint density at radius 1 is 1.29 bits per heavy atom. The molecule has 1 aromatic heterocycles. The third-order valence-electron chi connectivity index (χ3n) is 3.45. The van der Waals surface area contributed by atoms with Crippen LogP contribution in [0.25, 0.3) is 0 Å². The lowest BCUT2D eigenvalue weighted by Crippen LogP contribution is -2.25. The van der Waals surface area contributed by atoms with Crippen LogP contribution in [0.15, 0.2) is 36.5 Å². The average Bonchev–Trinajstić information content (AvgIpc) is 2.51. The van der Waals surface area contributed by atoms with Crippen molar-refractivity contribution in [1.82, 2.24) is 10.3 Å². The molecule has 2 nitrogen and oxygen atoms in total. The van der Waals surface area contributed by atoms with Gasteiger partial charge in [0.2, 0.25) is 0 Å². The lowest BCUT2D eigenvalue weighted by atomic mass is 9.97. The lowest BCUT2D eigenvalue weighted by molar-refractivity contribution is 0.572. The summed E-state index contributed by atoms with van der Waals surface area (Å²) < 4.78 is 13.6. The van der Waals surface area contributed by atoms with Gasteiger partial charge in [0.15, 0.2) is 0 Å². The standard InChI is InChI=1S/C17H20ClFN2/c1-3-9-20-17(14-11-13(19)7-8-15(14)18)16-12(4-2)6-5-10-21-16/h5-8,10-11,17,20H,3-4,9H2,1-2H3. The van der Waals surface area contributed by atoms with Crippen LogP contribution in [0.2, 0.25) is 5.02 Å². The summed E-state index contributed by atoms with van der Waals surface area (Å²) in [4.78, 5) is 4.51. The van der Waals surface area contributed by atoms with Gasteiger partial charge < -0.3 is 5.32 Å². The van der Waals surface area contributed by atoms with E-state index in [-0.39, 0.29) is 11.9 Å². The lowest BCUT2D eigenvalue weighted by Gasteiger charge is -2.22. The molecule has 2 rings (SSSR count). The summed E-state index contributed by atoms with van der Waals surface area (Å²) >= 11 is 6.28. The Morgan fingerprint density at radius 3 is 2.81 bits per heavy atom. The van der Waals surface area contributed by atoms with Crippen LogP contribution in [0, 0.1) is 5.82 Å². The summed E-state index contributed by atoms with van der Waals surface area (Å²) in [6, 6.07) is 8.25. The zero-order valence-electron chi connectivity index (χ0n) is 12.4. The number of hydrogen-bond donors (Lipinski definition) is 1. The molecule has 0 fully saturated rings. The second-order valence-corrected chi connectivity index (χ2v) is 5.36. The fourth-order valence-corrected chi connectivity index (χ4v) is 2.61. The van der Waals surface area contributed by atoms with Crippen LogP contribution < -0.4 is 5.32 Å². The molecule has 0 radical (unpaired) electrons. The van der Waals surface area contributed by atoms with Crippen molar-refractivity contribution in [3.8, 4) is 0 Å². The minimum atomic E-state index is -0.285. The van der Waals surface area contributed by atoms with E-state index in [9.17, 15) is 4.39 Å². The van der Waals surface area contributed by atoms with E-state index in [1.807, 2.05) is 6.07 Å². The van der Waals surface area contributed by atoms with Crippen molar-refractivity contribution >= 4 is 11.6 Å².